The number of hydrogen-bond acceptors (Lipinski definition) is 6. The molecule has 0 radical (unpaired) electrons. The molecule has 4 saturated carbocycles. The van der Waals surface area contributed by atoms with Crippen molar-refractivity contribution in [3.63, 3.8) is 0 Å². The van der Waals surface area contributed by atoms with Gasteiger partial charge in [0.2, 0.25) is 5.89 Å². The molecule has 0 amide bonds. The highest BCUT2D eigenvalue weighted by molar-refractivity contribution is 5.72. The summed E-state index contributed by atoms with van der Waals surface area (Å²) in [5.74, 6) is 3.12. The molecule has 0 unspecified atom stereocenters. The van der Waals surface area contributed by atoms with E-state index in [-0.39, 0.29) is 28.8 Å². The van der Waals surface area contributed by atoms with Crippen molar-refractivity contribution in [2.24, 2.45) is 29.1 Å². The van der Waals surface area contributed by atoms with Gasteiger partial charge in [0, 0.05) is 12.8 Å². The van der Waals surface area contributed by atoms with E-state index in [0.29, 0.717) is 30.6 Å². The molecule has 4 fully saturated rings. The number of carbonyl (C=O) groups is 1. The number of ether oxygens (including phenoxy) is 1. The Morgan fingerprint density at radius 1 is 1.18 bits per heavy atom. The van der Waals surface area contributed by atoms with Crippen molar-refractivity contribution in [3.8, 4) is 0 Å². The Morgan fingerprint density at radius 2 is 1.95 bits per heavy atom. The van der Waals surface area contributed by atoms with Crippen LogP contribution in [0.2, 0.25) is 0 Å². The van der Waals surface area contributed by atoms with Crippen molar-refractivity contribution in [3.05, 3.63) is 53.3 Å². The van der Waals surface area contributed by atoms with Crippen LogP contribution in [0.25, 0.3) is 0 Å². The fourth-order valence-corrected chi connectivity index (χ4v) is 8.83. The molecule has 4 aliphatic rings. The minimum absolute atomic E-state index is 0.128. The van der Waals surface area contributed by atoms with E-state index < -0.39 is 12.2 Å². The van der Waals surface area contributed by atoms with E-state index in [9.17, 15) is 15.0 Å². The Kier molecular flexibility index (Phi) is 10.3. The first-order chi connectivity index (χ1) is 21.0. The summed E-state index contributed by atoms with van der Waals surface area (Å²) in [5.41, 5.74) is 3.23. The summed E-state index contributed by atoms with van der Waals surface area (Å²) < 4.78 is 12.5. The summed E-state index contributed by atoms with van der Waals surface area (Å²) in [7, 11) is 0. The molecule has 0 bridgehead atoms. The monoisotopic (exact) mass is 607 g/mol. The van der Waals surface area contributed by atoms with Crippen LogP contribution in [0.15, 0.2) is 46.1 Å². The first-order valence-electron chi connectivity index (χ1n) is 17.6. The summed E-state index contributed by atoms with van der Waals surface area (Å²) in [6.45, 7) is 15.0. The summed E-state index contributed by atoms with van der Waals surface area (Å²) in [6.07, 6.45) is 18.8. The number of nitrogens with zero attached hydrogens (tertiary/aromatic N) is 1. The third kappa shape index (κ3) is 6.82. The molecule has 2 N–H and O–H groups in total. The van der Waals surface area contributed by atoms with Crippen LogP contribution >= 0.6 is 0 Å². The molecule has 0 aromatic carbocycles. The zero-order chi connectivity index (χ0) is 31.6. The highest BCUT2D eigenvalue weighted by Crippen LogP contribution is 2.60. The lowest BCUT2D eigenvalue weighted by Crippen LogP contribution is -2.37. The molecule has 7 atom stereocenters. The van der Waals surface area contributed by atoms with Crippen LogP contribution in [0.1, 0.15) is 130 Å². The number of aliphatic hydroxyl groups excluding tert-OH is 2. The maximum Gasteiger partial charge on any atom is 0.308 e. The summed E-state index contributed by atoms with van der Waals surface area (Å²) in [5, 5.41) is 20.5. The van der Waals surface area contributed by atoms with Crippen LogP contribution in [-0.4, -0.2) is 39.5 Å². The zero-order valence-corrected chi connectivity index (χ0v) is 27.9. The second-order valence-corrected chi connectivity index (χ2v) is 15.2. The number of esters is 1. The van der Waals surface area contributed by atoms with Crippen molar-refractivity contribution >= 4 is 5.97 Å². The quantitative estimate of drug-likeness (QED) is 0.233. The van der Waals surface area contributed by atoms with Crippen LogP contribution in [0.5, 0.6) is 0 Å². The molecular formula is C38H57NO5. The predicted molar refractivity (Wildman–Crippen MR) is 174 cm³/mol. The Morgan fingerprint density at radius 3 is 2.66 bits per heavy atom. The van der Waals surface area contributed by atoms with Crippen molar-refractivity contribution in [1.82, 2.24) is 4.98 Å². The van der Waals surface area contributed by atoms with Gasteiger partial charge in [-0.1, -0.05) is 65.3 Å². The number of oxazole rings is 1. The number of aromatic nitrogens is 1. The number of rotatable bonds is 12. The zero-order valence-electron chi connectivity index (χ0n) is 27.9. The molecule has 1 heterocycles. The van der Waals surface area contributed by atoms with E-state index in [1.54, 1.807) is 0 Å². The van der Waals surface area contributed by atoms with Crippen LogP contribution < -0.4 is 0 Å². The average molecular weight is 608 g/mol. The lowest BCUT2D eigenvalue weighted by atomic mass is 9.60. The van der Waals surface area contributed by atoms with Crippen LogP contribution in [0, 0.1) is 29.1 Å². The molecule has 44 heavy (non-hydrogen) atoms. The highest BCUT2D eigenvalue weighted by atomic mass is 16.5. The molecule has 6 nitrogen and oxygen atoms in total. The molecule has 4 aliphatic carbocycles. The van der Waals surface area contributed by atoms with Crippen molar-refractivity contribution < 1.29 is 24.2 Å². The Hall–Kier alpha value is -2.18. The van der Waals surface area contributed by atoms with Gasteiger partial charge < -0.3 is 19.4 Å². The van der Waals surface area contributed by atoms with Gasteiger partial charge in [-0.25, -0.2) is 4.98 Å². The van der Waals surface area contributed by atoms with E-state index in [2.05, 4.69) is 39.5 Å². The van der Waals surface area contributed by atoms with E-state index in [1.165, 1.54) is 31.3 Å². The number of aliphatic hydroxyl groups is 2. The lowest BCUT2D eigenvalue weighted by molar-refractivity contribution is -0.155. The van der Waals surface area contributed by atoms with E-state index in [1.807, 2.05) is 20.0 Å². The van der Waals surface area contributed by atoms with Crippen LogP contribution in [0.4, 0.5) is 0 Å². The Bertz CT molecular complexity index is 1240. The first kappa shape index (κ1) is 33.2. The fourth-order valence-electron chi connectivity index (χ4n) is 8.83. The van der Waals surface area contributed by atoms with Gasteiger partial charge >= 0.3 is 5.97 Å². The molecule has 0 spiro atoms. The van der Waals surface area contributed by atoms with E-state index in [0.717, 1.165) is 74.2 Å². The van der Waals surface area contributed by atoms with Crippen molar-refractivity contribution in [2.45, 2.75) is 148 Å². The fraction of sp³-hybridized carbons (Fsp3) is 0.737. The maximum atomic E-state index is 12.9. The lowest BCUT2D eigenvalue weighted by Gasteiger charge is -2.44. The highest BCUT2D eigenvalue weighted by Gasteiger charge is 2.57. The average Bonchev–Trinajstić information content (AvgIpc) is 3.50. The normalized spacial score (nSPS) is 33.0. The minimum Gasteiger partial charge on any atom is -0.461 e. The van der Waals surface area contributed by atoms with E-state index in [4.69, 9.17) is 14.1 Å². The minimum atomic E-state index is -0.651. The Balaban J connectivity index is 1.28. The third-order valence-electron chi connectivity index (χ3n) is 11.8. The van der Waals surface area contributed by atoms with Crippen LogP contribution in [-0.2, 0) is 21.4 Å². The molecule has 0 saturated heterocycles. The second kappa shape index (κ2) is 13.7. The summed E-state index contributed by atoms with van der Waals surface area (Å²) in [6, 6.07) is 0. The van der Waals surface area contributed by atoms with Gasteiger partial charge in [-0.3, -0.25) is 4.79 Å². The van der Waals surface area contributed by atoms with Gasteiger partial charge in [-0.15, -0.1) is 0 Å². The predicted octanol–water partition coefficient (Wildman–Crippen LogP) is 8.17. The second-order valence-electron chi connectivity index (χ2n) is 15.2. The van der Waals surface area contributed by atoms with Gasteiger partial charge in [0.25, 0.3) is 0 Å². The standard InChI is InChI=1S/C38H57NO5/c1-7-8-11-30-23-39-36(43-30)38(19-20-38)34(44-35(42)24(2)3)17-12-25(4)31-15-16-32-27(10-9-18-37(31,32)6)13-14-28-21-29(40)22-33(41)26(28)5/h13-14,23-25,29,31-34,40-41H,5,7-12,15-22H2,1-4,6H3/b27-13+,28-14-/t25-,29-,31-,32+,33+,34+,37-/m1/s1. The molecule has 1 aromatic rings. The van der Waals surface area contributed by atoms with Gasteiger partial charge in [0.05, 0.1) is 29.7 Å². The topological polar surface area (TPSA) is 92.8 Å². The van der Waals surface area contributed by atoms with Crippen molar-refractivity contribution in [1.29, 1.82) is 0 Å². The first-order valence-corrected chi connectivity index (χ1v) is 17.6. The number of aryl methyl sites for hydroxylation is 1. The molecule has 0 aliphatic heterocycles. The molecule has 1 aromatic heterocycles. The maximum absolute atomic E-state index is 12.9. The number of carbonyl (C=O) groups excluding carboxylic acids is 1. The van der Waals surface area contributed by atoms with Gasteiger partial charge in [-0.05, 0) is 105 Å². The van der Waals surface area contributed by atoms with E-state index >= 15 is 0 Å². The number of fused-ring (bicyclic) bond motifs is 1. The molecule has 244 valence electrons. The molecule has 6 heteroatoms. The van der Waals surface area contributed by atoms with Gasteiger partial charge in [0.1, 0.15) is 11.9 Å². The largest absolute Gasteiger partial charge is 0.461 e. The molecular weight excluding hydrogens is 550 g/mol. The number of unbranched alkanes of at least 4 members (excludes halogenated alkanes) is 1. The van der Waals surface area contributed by atoms with Gasteiger partial charge in [-0.2, -0.15) is 0 Å². The summed E-state index contributed by atoms with van der Waals surface area (Å²) in [4.78, 5) is 17.6. The SMILES string of the molecule is C=C1/C(=C\C=C2/CCC[C@]3(C)[C@@H]([C@H](C)CC[C@H](OC(=O)C(C)C)C4(c5ncc(CCCC)o5)CC4)CC[C@@H]23)C[C@@H](O)C[C@@H]1O. The smallest absolute Gasteiger partial charge is 0.308 e. The number of allylic oxidation sites excluding steroid dienone is 3. The van der Waals surface area contributed by atoms with Gasteiger partial charge in [0.15, 0.2) is 0 Å². The molecule has 5 rings (SSSR count). The third-order valence-corrected chi connectivity index (χ3v) is 11.8. The summed E-state index contributed by atoms with van der Waals surface area (Å²) >= 11 is 0. The van der Waals surface area contributed by atoms with Crippen molar-refractivity contribution in [2.75, 3.05) is 0 Å². The Labute approximate surface area is 265 Å². The number of hydrogen-bond donors (Lipinski definition) is 2. The van der Waals surface area contributed by atoms with Crippen LogP contribution in [0.3, 0.4) is 0 Å².